The fourth-order valence-electron chi connectivity index (χ4n) is 2.94. The second kappa shape index (κ2) is 7.84. The lowest BCUT2D eigenvalue weighted by Gasteiger charge is -2.15. The molecule has 0 unspecified atom stereocenters. The van der Waals surface area contributed by atoms with E-state index in [1.165, 1.54) is 23.1 Å². The number of hydrogen-bond donors (Lipinski definition) is 1. The van der Waals surface area contributed by atoms with Crippen molar-refractivity contribution >= 4 is 34.9 Å². The zero-order valence-electron chi connectivity index (χ0n) is 15.4. The van der Waals surface area contributed by atoms with E-state index in [4.69, 9.17) is 0 Å². The van der Waals surface area contributed by atoms with Gasteiger partial charge in [-0.25, -0.2) is 4.90 Å². The highest BCUT2D eigenvalue weighted by molar-refractivity contribution is 6.33. The number of carbonyl (C=O) groups excluding carboxylic acids is 4. The number of aryl methyl sites for hydroxylation is 2. The number of benzene rings is 2. The highest BCUT2D eigenvalue weighted by atomic mass is 16.2. The van der Waals surface area contributed by atoms with E-state index in [1.807, 2.05) is 50.2 Å². The summed E-state index contributed by atoms with van der Waals surface area (Å²) in [5, 5.41) is 2.22. The van der Waals surface area contributed by atoms with Crippen LogP contribution in [0.5, 0.6) is 0 Å². The van der Waals surface area contributed by atoms with Crippen molar-refractivity contribution < 1.29 is 19.2 Å². The number of carbonyl (C=O) groups is 4. The van der Waals surface area contributed by atoms with Gasteiger partial charge in [0.15, 0.2) is 0 Å². The first-order chi connectivity index (χ1) is 13.4. The fourth-order valence-corrected chi connectivity index (χ4v) is 2.94. The van der Waals surface area contributed by atoms with Crippen LogP contribution >= 0.6 is 0 Å². The van der Waals surface area contributed by atoms with Gasteiger partial charge in [-0.05, 0) is 36.6 Å². The predicted octanol–water partition coefficient (Wildman–Crippen LogP) is 2.46. The second-order valence-corrected chi connectivity index (χ2v) is 6.32. The SMILES string of the molecule is Cc1ccccc1C1=CC(=O)NC1=O.Cc1ccccc1N1C(=O)C=CC1=O. The van der Waals surface area contributed by atoms with Crippen molar-refractivity contribution in [1.82, 2.24) is 5.32 Å². The Kier molecular flexibility index (Phi) is 5.31. The van der Waals surface area contributed by atoms with Gasteiger partial charge in [-0.2, -0.15) is 0 Å². The highest BCUT2D eigenvalue weighted by Gasteiger charge is 2.25. The molecule has 0 aliphatic carbocycles. The van der Waals surface area contributed by atoms with Crippen LogP contribution in [0.3, 0.4) is 0 Å². The van der Waals surface area contributed by atoms with Gasteiger partial charge >= 0.3 is 0 Å². The van der Waals surface area contributed by atoms with E-state index >= 15 is 0 Å². The molecule has 0 bridgehead atoms. The molecular weight excluding hydrogens is 356 g/mol. The third-order valence-corrected chi connectivity index (χ3v) is 4.36. The van der Waals surface area contributed by atoms with Gasteiger partial charge in [-0.1, -0.05) is 42.5 Å². The number of para-hydroxylation sites is 1. The van der Waals surface area contributed by atoms with Crippen molar-refractivity contribution in [3.05, 3.63) is 83.4 Å². The Bertz CT molecular complexity index is 1030. The zero-order chi connectivity index (χ0) is 20.3. The van der Waals surface area contributed by atoms with Gasteiger partial charge in [0.2, 0.25) is 0 Å². The summed E-state index contributed by atoms with van der Waals surface area (Å²) >= 11 is 0. The first-order valence-electron chi connectivity index (χ1n) is 8.63. The molecule has 2 aromatic rings. The highest BCUT2D eigenvalue weighted by Crippen LogP contribution is 2.22. The molecule has 4 amide bonds. The average molecular weight is 374 g/mol. The Hall–Kier alpha value is -3.80. The lowest BCUT2D eigenvalue weighted by atomic mass is 10.0. The number of amides is 4. The first kappa shape index (κ1) is 19.0. The summed E-state index contributed by atoms with van der Waals surface area (Å²) in [5.41, 5.74) is 3.83. The van der Waals surface area contributed by atoms with Gasteiger partial charge in [0.05, 0.1) is 11.3 Å². The smallest absolute Gasteiger partial charge is 0.258 e. The molecule has 6 heteroatoms. The standard InChI is InChI=1S/2C11H9NO2/c1-8-4-2-3-5-9(8)12-10(13)6-7-11(12)14;1-7-4-2-3-5-8(7)9-6-10(13)12-11(9)14/h2-7H,1H3;2-6H,1H3,(H,12,13,14). The number of nitrogens with zero attached hydrogens (tertiary/aromatic N) is 1. The molecule has 140 valence electrons. The molecule has 2 aromatic carbocycles. The lowest BCUT2D eigenvalue weighted by Crippen LogP contribution is -2.30. The number of imide groups is 2. The summed E-state index contributed by atoms with van der Waals surface area (Å²) in [6.45, 7) is 3.78. The van der Waals surface area contributed by atoms with Gasteiger partial charge in [-0.3, -0.25) is 24.5 Å². The maximum absolute atomic E-state index is 11.4. The van der Waals surface area contributed by atoms with Crippen molar-refractivity contribution in [2.45, 2.75) is 13.8 Å². The molecule has 0 radical (unpaired) electrons. The Labute approximate surface area is 162 Å². The molecule has 2 aliphatic heterocycles. The molecule has 0 spiro atoms. The summed E-state index contributed by atoms with van der Waals surface area (Å²) in [6, 6.07) is 14.8. The molecule has 6 nitrogen and oxygen atoms in total. The summed E-state index contributed by atoms with van der Waals surface area (Å²) in [5.74, 6) is -1.20. The molecule has 1 N–H and O–H groups in total. The summed E-state index contributed by atoms with van der Waals surface area (Å²) in [6.07, 6.45) is 3.91. The molecule has 28 heavy (non-hydrogen) atoms. The van der Waals surface area contributed by atoms with Gasteiger partial charge in [0, 0.05) is 18.2 Å². The van der Waals surface area contributed by atoms with E-state index in [9.17, 15) is 19.2 Å². The maximum Gasteiger partial charge on any atom is 0.258 e. The quantitative estimate of drug-likeness (QED) is 0.819. The van der Waals surface area contributed by atoms with E-state index in [1.54, 1.807) is 12.1 Å². The number of hydrogen-bond acceptors (Lipinski definition) is 4. The third kappa shape index (κ3) is 3.81. The number of anilines is 1. The molecule has 0 fully saturated rings. The maximum atomic E-state index is 11.4. The van der Waals surface area contributed by atoms with E-state index in [0.29, 0.717) is 11.3 Å². The van der Waals surface area contributed by atoms with Crippen LogP contribution in [0, 0.1) is 13.8 Å². The molecule has 0 atom stereocenters. The van der Waals surface area contributed by atoms with Gasteiger partial charge in [0.25, 0.3) is 23.6 Å². The summed E-state index contributed by atoms with van der Waals surface area (Å²) < 4.78 is 0. The normalized spacial score (nSPS) is 15.4. The van der Waals surface area contributed by atoms with Gasteiger partial charge in [0.1, 0.15) is 0 Å². The van der Waals surface area contributed by atoms with E-state index in [-0.39, 0.29) is 23.6 Å². The third-order valence-electron chi connectivity index (χ3n) is 4.36. The van der Waals surface area contributed by atoms with Gasteiger partial charge < -0.3 is 0 Å². The van der Waals surface area contributed by atoms with Crippen molar-refractivity contribution in [2.24, 2.45) is 0 Å². The molecule has 0 aromatic heterocycles. The minimum Gasteiger partial charge on any atom is -0.289 e. The molecule has 4 rings (SSSR count). The fraction of sp³-hybridized carbons (Fsp3) is 0.0909. The minimum atomic E-state index is -0.340. The molecule has 0 saturated heterocycles. The van der Waals surface area contributed by atoms with Crippen LogP contribution in [-0.2, 0) is 19.2 Å². The first-order valence-corrected chi connectivity index (χ1v) is 8.63. The molecule has 2 aliphatic rings. The van der Waals surface area contributed by atoms with Crippen LogP contribution in [0.2, 0.25) is 0 Å². The van der Waals surface area contributed by atoms with Crippen molar-refractivity contribution in [3.8, 4) is 0 Å². The number of rotatable bonds is 2. The van der Waals surface area contributed by atoms with Crippen LogP contribution in [0.1, 0.15) is 16.7 Å². The van der Waals surface area contributed by atoms with Crippen LogP contribution in [0.25, 0.3) is 5.57 Å². The molecule has 0 saturated carbocycles. The van der Waals surface area contributed by atoms with E-state index in [0.717, 1.165) is 16.7 Å². The van der Waals surface area contributed by atoms with Crippen molar-refractivity contribution in [3.63, 3.8) is 0 Å². The van der Waals surface area contributed by atoms with E-state index in [2.05, 4.69) is 5.32 Å². The minimum absolute atomic E-state index is 0.274. The largest absolute Gasteiger partial charge is 0.289 e. The Morgan fingerprint density at radius 1 is 0.750 bits per heavy atom. The Balaban J connectivity index is 0.000000161. The van der Waals surface area contributed by atoms with Crippen molar-refractivity contribution in [2.75, 3.05) is 4.90 Å². The Morgan fingerprint density at radius 3 is 1.86 bits per heavy atom. The molecule has 2 heterocycles. The lowest BCUT2D eigenvalue weighted by molar-refractivity contribution is -0.123. The second-order valence-electron chi connectivity index (χ2n) is 6.32. The average Bonchev–Trinajstić information content (AvgIpc) is 3.17. The topological polar surface area (TPSA) is 83.6 Å². The van der Waals surface area contributed by atoms with Crippen LogP contribution < -0.4 is 10.2 Å². The van der Waals surface area contributed by atoms with Crippen molar-refractivity contribution in [1.29, 1.82) is 0 Å². The van der Waals surface area contributed by atoms with E-state index < -0.39 is 0 Å². The summed E-state index contributed by atoms with van der Waals surface area (Å²) in [4.78, 5) is 46.2. The zero-order valence-corrected chi connectivity index (χ0v) is 15.4. The predicted molar refractivity (Wildman–Crippen MR) is 105 cm³/mol. The summed E-state index contributed by atoms with van der Waals surface area (Å²) in [7, 11) is 0. The van der Waals surface area contributed by atoms with Gasteiger partial charge in [-0.15, -0.1) is 0 Å². The monoisotopic (exact) mass is 374 g/mol. The van der Waals surface area contributed by atoms with Crippen LogP contribution in [-0.4, -0.2) is 23.6 Å². The molecular formula is C22H18N2O4. The van der Waals surface area contributed by atoms with Crippen LogP contribution in [0.4, 0.5) is 5.69 Å². The van der Waals surface area contributed by atoms with Crippen LogP contribution in [0.15, 0.2) is 66.8 Å². The number of nitrogens with one attached hydrogen (secondary N) is 1. The Morgan fingerprint density at radius 2 is 1.32 bits per heavy atom.